The third-order valence-corrected chi connectivity index (χ3v) is 8.59. The molecule has 0 radical (unpaired) electrons. The highest BCUT2D eigenvalue weighted by Gasteiger charge is 2.45. The predicted octanol–water partition coefficient (Wildman–Crippen LogP) is 7.84. The van der Waals surface area contributed by atoms with Crippen molar-refractivity contribution in [3.05, 3.63) is 105 Å². The summed E-state index contributed by atoms with van der Waals surface area (Å²) in [5.74, 6) is -0.739. The van der Waals surface area contributed by atoms with Crippen molar-refractivity contribution in [1.82, 2.24) is 4.90 Å². The number of nitrogens with zero attached hydrogens (tertiary/aromatic N) is 1. The average molecular weight is 596 g/mol. The van der Waals surface area contributed by atoms with E-state index in [1.165, 1.54) is 0 Å². The molecule has 4 rings (SSSR count). The minimum atomic E-state index is -5.09. The van der Waals surface area contributed by atoms with Gasteiger partial charge in [0.2, 0.25) is 0 Å². The summed E-state index contributed by atoms with van der Waals surface area (Å²) < 4.78 is 106. The lowest BCUT2D eigenvalue weighted by Crippen LogP contribution is -2.52. The van der Waals surface area contributed by atoms with Gasteiger partial charge in [-0.1, -0.05) is 47.5 Å². The average Bonchev–Trinajstić information content (AvgIpc) is 2.77. The lowest BCUT2D eigenvalue weighted by Gasteiger charge is -2.47. The van der Waals surface area contributed by atoms with Crippen LogP contribution in [0.1, 0.15) is 39.1 Å². The molecule has 0 unspecified atom stereocenters. The summed E-state index contributed by atoms with van der Waals surface area (Å²) in [5.41, 5.74) is -1.98. The van der Waals surface area contributed by atoms with Gasteiger partial charge in [0.1, 0.15) is 0 Å². The Kier molecular flexibility index (Phi) is 7.84. The fourth-order valence-electron chi connectivity index (χ4n) is 4.87. The topological polar surface area (TPSA) is 37.4 Å². The zero-order valence-corrected chi connectivity index (χ0v) is 22.0. The van der Waals surface area contributed by atoms with Gasteiger partial charge in [0.05, 0.1) is 22.4 Å². The Morgan fingerprint density at radius 3 is 1.47 bits per heavy atom. The molecule has 1 aliphatic heterocycles. The summed E-state index contributed by atoms with van der Waals surface area (Å²) in [5, 5.41) is -0.544. The lowest BCUT2D eigenvalue weighted by molar-refractivity contribution is -0.143. The number of benzene rings is 3. The van der Waals surface area contributed by atoms with Crippen molar-refractivity contribution in [1.29, 1.82) is 0 Å². The first-order valence-electron chi connectivity index (χ1n) is 11.3. The van der Waals surface area contributed by atoms with Crippen molar-refractivity contribution >= 4 is 33.0 Å². The van der Waals surface area contributed by atoms with Gasteiger partial charge in [0.15, 0.2) is 9.84 Å². The second kappa shape index (κ2) is 10.4. The van der Waals surface area contributed by atoms with Crippen LogP contribution in [0.15, 0.2) is 66.7 Å². The maximum Gasteiger partial charge on any atom is 0.416 e. The SMILES string of the molecule is CS(=O)(=O)[C@H](c1cc(C(F)(F)F)cc(C(F)(F)F)c1)C1CN(C(c2ccc(Cl)cc2)c2ccc(Cl)cc2)C1. The van der Waals surface area contributed by atoms with Crippen molar-refractivity contribution in [2.45, 2.75) is 23.6 Å². The van der Waals surface area contributed by atoms with Crippen molar-refractivity contribution in [3.8, 4) is 0 Å². The van der Waals surface area contributed by atoms with Gasteiger partial charge < -0.3 is 0 Å². The summed E-state index contributed by atoms with van der Waals surface area (Å²) in [6.45, 7) is 0.233. The minimum Gasteiger partial charge on any atom is -0.292 e. The molecule has 0 saturated carbocycles. The van der Waals surface area contributed by atoms with Crippen molar-refractivity contribution in [2.75, 3.05) is 19.3 Å². The smallest absolute Gasteiger partial charge is 0.292 e. The molecular weight excluding hydrogens is 575 g/mol. The molecule has 3 nitrogen and oxygen atoms in total. The third-order valence-electron chi connectivity index (χ3n) is 6.50. The Morgan fingerprint density at radius 1 is 0.737 bits per heavy atom. The Balaban J connectivity index is 1.71. The number of hydrogen-bond acceptors (Lipinski definition) is 3. The highest BCUT2D eigenvalue weighted by atomic mass is 35.5. The summed E-state index contributed by atoms with van der Waals surface area (Å²) in [6, 6.07) is 14.6. The normalized spacial score (nSPS) is 16.5. The molecule has 0 bridgehead atoms. The molecule has 1 atom stereocenters. The van der Waals surface area contributed by atoms with E-state index in [-0.39, 0.29) is 25.2 Å². The second-order valence-corrected chi connectivity index (χ2v) is 12.3. The highest BCUT2D eigenvalue weighted by Crippen LogP contribution is 2.45. The second-order valence-electron chi connectivity index (χ2n) is 9.31. The molecule has 0 N–H and O–H groups in total. The van der Waals surface area contributed by atoms with Crippen molar-refractivity contribution < 1.29 is 34.8 Å². The molecule has 12 heteroatoms. The van der Waals surface area contributed by atoms with Gasteiger partial charge in [-0.3, -0.25) is 4.90 Å². The van der Waals surface area contributed by atoms with Crippen LogP contribution in [-0.4, -0.2) is 32.7 Å². The molecule has 0 amide bonds. The van der Waals surface area contributed by atoms with E-state index >= 15 is 0 Å². The van der Waals surface area contributed by atoms with Crippen LogP contribution in [0, 0.1) is 5.92 Å². The van der Waals surface area contributed by atoms with E-state index in [9.17, 15) is 34.8 Å². The van der Waals surface area contributed by atoms with E-state index in [0.29, 0.717) is 22.2 Å². The molecule has 0 aliphatic carbocycles. The molecular formula is C26H21Cl2F6NO2S. The van der Waals surface area contributed by atoms with Crippen LogP contribution in [0.3, 0.4) is 0 Å². The van der Waals surface area contributed by atoms with Crippen LogP contribution < -0.4 is 0 Å². The summed E-state index contributed by atoms with van der Waals surface area (Å²) in [6.07, 6.45) is -9.35. The van der Waals surface area contributed by atoms with Crippen LogP contribution in [0.5, 0.6) is 0 Å². The van der Waals surface area contributed by atoms with Crippen LogP contribution in [0.4, 0.5) is 26.3 Å². The number of likely N-dealkylation sites (tertiary alicyclic amines) is 1. The number of rotatable bonds is 6. The molecule has 204 valence electrons. The van der Waals surface area contributed by atoms with E-state index in [0.717, 1.165) is 17.4 Å². The standard InChI is InChI=1S/C26H21Cl2F6NO2S/c1-38(36,37)24(17-10-19(25(29,30)31)12-20(11-17)26(32,33)34)18-13-35(14-18)23(15-2-6-21(27)7-3-15)16-4-8-22(28)9-5-16/h2-12,18,23-24H,13-14H2,1H3/t24-/m1/s1. The Morgan fingerprint density at radius 2 is 1.13 bits per heavy atom. The summed E-state index contributed by atoms with van der Waals surface area (Å²) >= 11 is 12.1. The molecule has 1 fully saturated rings. The maximum absolute atomic E-state index is 13.4. The zero-order chi connectivity index (χ0) is 28.0. The molecule has 0 aromatic heterocycles. The van der Waals surface area contributed by atoms with E-state index in [1.807, 2.05) is 4.90 Å². The number of hydrogen-bond donors (Lipinski definition) is 0. The molecule has 1 heterocycles. The minimum absolute atomic E-state index is 0.00693. The monoisotopic (exact) mass is 595 g/mol. The first kappa shape index (κ1) is 28.7. The Hall–Kier alpha value is -2.27. The number of sulfone groups is 1. The van der Waals surface area contributed by atoms with Gasteiger partial charge in [-0.25, -0.2) is 8.42 Å². The van der Waals surface area contributed by atoms with Gasteiger partial charge in [-0.15, -0.1) is 0 Å². The predicted molar refractivity (Wildman–Crippen MR) is 134 cm³/mol. The van der Waals surface area contributed by atoms with Crippen molar-refractivity contribution in [3.63, 3.8) is 0 Å². The molecule has 3 aromatic carbocycles. The van der Waals surface area contributed by atoms with E-state index in [2.05, 4.69) is 0 Å². The fraction of sp³-hybridized carbons (Fsp3) is 0.308. The highest BCUT2D eigenvalue weighted by molar-refractivity contribution is 7.90. The maximum atomic E-state index is 13.4. The third kappa shape index (κ3) is 6.30. The largest absolute Gasteiger partial charge is 0.416 e. The van der Waals surface area contributed by atoms with Gasteiger partial charge in [-0.05, 0) is 59.2 Å². The summed E-state index contributed by atoms with van der Waals surface area (Å²) in [4.78, 5) is 1.91. The molecule has 0 spiro atoms. The van der Waals surface area contributed by atoms with Gasteiger partial charge in [0, 0.05) is 35.3 Å². The number of halogens is 8. The van der Waals surface area contributed by atoms with Crippen LogP contribution in [0.2, 0.25) is 10.0 Å². The van der Waals surface area contributed by atoms with Gasteiger partial charge in [-0.2, -0.15) is 26.3 Å². The van der Waals surface area contributed by atoms with Crippen LogP contribution in [0.25, 0.3) is 0 Å². The zero-order valence-electron chi connectivity index (χ0n) is 19.7. The fourth-order valence-corrected chi connectivity index (χ4v) is 6.62. The Bertz CT molecular complexity index is 1320. The Labute approximate surface area is 225 Å². The first-order valence-corrected chi connectivity index (χ1v) is 14.0. The molecule has 38 heavy (non-hydrogen) atoms. The van der Waals surface area contributed by atoms with Gasteiger partial charge >= 0.3 is 12.4 Å². The summed E-state index contributed by atoms with van der Waals surface area (Å²) in [7, 11) is -4.09. The first-order chi connectivity index (χ1) is 17.5. The quantitative estimate of drug-likeness (QED) is 0.272. The van der Waals surface area contributed by atoms with Crippen LogP contribution in [-0.2, 0) is 22.2 Å². The number of alkyl halides is 6. The molecule has 3 aromatic rings. The van der Waals surface area contributed by atoms with Crippen LogP contribution >= 0.6 is 23.2 Å². The van der Waals surface area contributed by atoms with Crippen molar-refractivity contribution in [2.24, 2.45) is 5.92 Å². The molecule has 1 aliphatic rings. The van der Waals surface area contributed by atoms with E-state index in [1.54, 1.807) is 48.5 Å². The van der Waals surface area contributed by atoms with Gasteiger partial charge in [0.25, 0.3) is 0 Å². The van der Waals surface area contributed by atoms with E-state index in [4.69, 9.17) is 23.2 Å². The molecule has 1 saturated heterocycles. The lowest BCUT2D eigenvalue weighted by atomic mass is 9.85. The van der Waals surface area contributed by atoms with E-state index < -0.39 is 50.0 Å².